The Morgan fingerprint density at radius 2 is 2.20 bits per heavy atom. The largest absolute Gasteiger partial charge is 0.357 e. The van der Waals surface area contributed by atoms with Gasteiger partial charge in [0.15, 0.2) is 5.13 Å². The Hall–Kier alpha value is -0.770. The summed E-state index contributed by atoms with van der Waals surface area (Å²) in [5, 5.41) is 7.15. The maximum absolute atomic E-state index is 6.04. The molecule has 1 N–H and O–H groups in total. The summed E-state index contributed by atoms with van der Waals surface area (Å²) in [7, 11) is 0. The van der Waals surface area contributed by atoms with Crippen molar-refractivity contribution in [2.45, 2.75) is 6.54 Å². The molecule has 0 bridgehead atoms. The zero-order chi connectivity index (χ0) is 10.7. The van der Waals surface area contributed by atoms with E-state index in [1.165, 1.54) is 0 Å². The van der Waals surface area contributed by atoms with Crippen LogP contribution in [0.25, 0.3) is 0 Å². The first-order valence-electron chi connectivity index (χ1n) is 4.33. The molecule has 0 radical (unpaired) electrons. The van der Waals surface area contributed by atoms with E-state index >= 15 is 0 Å². The Bertz CT molecular complexity index is 443. The van der Waals surface area contributed by atoms with Crippen LogP contribution in [0.15, 0.2) is 29.8 Å². The number of benzene rings is 1. The molecular formula is C10H8Cl2N2S. The number of hydrogen-bond donors (Lipinski definition) is 1. The first kappa shape index (κ1) is 10.7. The lowest BCUT2D eigenvalue weighted by Gasteiger charge is -2.06. The van der Waals surface area contributed by atoms with E-state index in [-0.39, 0.29) is 0 Å². The summed E-state index contributed by atoms with van der Waals surface area (Å²) in [6.45, 7) is 0.632. The van der Waals surface area contributed by atoms with Gasteiger partial charge in [-0.05, 0) is 11.6 Å². The molecule has 0 spiro atoms. The predicted molar refractivity (Wildman–Crippen MR) is 65.9 cm³/mol. The minimum Gasteiger partial charge on any atom is -0.357 e. The number of thiazole rings is 1. The number of hydrogen-bond acceptors (Lipinski definition) is 3. The molecule has 0 aliphatic carbocycles. The Labute approximate surface area is 102 Å². The monoisotopic (exact) mass is 258 g/mol. The summed E-state index contributed by atoms with van der Waals surface area (Å²) in [5.41, 5.74) is 0.972. The van der Waals surface area contributed by atoms with Gasteiger partial charge in [-0.1, -0.05) is 35.3 Å². The molecule has 15 heavy (non-hydrogen) atoms. The molecule has 0 saturated carbocycles. The van der Waals surface area contributed by atoms with Gasteiger partial charge in [0.1, 0.15) is 0 Å². The van der Waals surface area contributed by atoms with Crippen LogP contribution in [-0.4, -0.2) is 4.98 Å². The van der Waals surface area contributed by atoms with Crippen molar-refractivity contribution in [3.8, 4) is 0 Å². The third kappa shape index (κ3) is 2.62. The van der Waals surface area contributed by atoms with E-state index in [1.54, 1.807) is 23.6 Å². The molecule has 0 aliphatic heterocycles. The van der Waals surface area contributed by atoms with Gasteiger partial charge in [-0.25, -0.2) is 4.98 Å². The highest BCUT2D eigenvalue weighted by Gasteiger charge is 2.04. The highest BCUT2D eigenvalue weighted by atomic mass is 35.5. The van der Waals surface area contributed by atoms with E-state index in [1.807, 2.05) is 17.5 Å². The van der Waals surface area contributed by atoms with E-state index in [0.717, 1.165) is 10.7 Å². The molecule has 0 saturated heterocycles. The lowest BCUT2D eigenvalue weighted by Crippen LogP contribution is -1.99. The maximum Gasteiger partial charge on any atom is 0.182 e. The second-order valence-corrected chi connectivity index (χ2v) is 4.58. The van der Waals surface area contributed by atoms with Gasteiger partial charge in [0, 0.05) is 18.1 Å². The maximum atomic E-state index is 6.04. The average Bonchev–Trinajstić information content (AvgIpc) is 2.73. The summed E-state index contributed by atoms with van der Waals surface area (Å²) in [5.74, 6) is 0. The molecule has 1 aromatic heterocycles. The standard InChI is InChI=1S/C10H8Cl2N2S/c11-8-3-1-2-7(9(8)12)6-14-10-13-4-5-15-10/h1-5H,6H2,(H,13,14). The van der Waals surface area contributed by atoms with Crippen molar-refractivity contribution in [2.75, 3.05) is 5.32 Å². The first-order valence-corrected chi connectivity index (χ1v) is 5.97. The van der Waals surface area contributed by atoms with Gasteiger partial charge in [-0.2, -0.15) is 0 Å². The average molecular weight is 259 g/mol. The van der Waals surface area contributed by atoms with Crippen LogP contribution in [0, 0.1) is 0 Å². The van der Waals surface area contributed by atoms with E-state index in [0.29, 0.717) is 16.6 Å². The van der Waals surface area contributed by atoms with Crippen molar-refractivity contribution in [1.82, 2.24) is 4.98 Å². The van der Waals surface area contributed by atoms with E-state index in [2.05, 4.69) is 10.3 Å². The lowest BCUT2D eigenvalue weighted by atomic mass is 10.2. The van der Waals surface area contributed by atoms with Crippen LogP contribution in [-0.2, 0) is 6.54 Å². The van der Waals surface area contributed by atoms with Crippen LogP contribution in [0.5, 0.6) is 0 Å². The number of nitrogens with zero attached hydrogens (tertiary/aromatic N) is 1. The van der Waals surface area contributed by atoms with Crippen LogP contribution in [0.4, 0.5) is 5.13 Å². The van der Waals surface area contributed by atoms with Crippen LogP contribution in [0.1, 0.15) is 5.56 Å². The third-order valence-corrected chi connectivity index (χ3v) is 3.48. The van der Waals surface area contributed by atoms with Crippen LogP contribution in [0.2, 0.25) is 10.0 Å². The van der Waals surface area contributed by atoms with Gasteiger partial charge < -0.3 is 5.32 Å². The molecule has 2 nitrogen and oxygen atoms in total. The van der Waals surface area contributed by atoms with Gasteiger partial charge in [-0.15, -0.1) is 11.3 Å². The van der Waals surface area contributed by atoms with Crippen molar-refractivity contribution >= 4 is 39.7 Å². The van der Waals surface area contributed by atoms with Crippen molar-refractivity contribution in [1.29, 1.82) is 0 Å². The summed E-state index contributed by atoms with van der Waals surface area (Å²) in [4.78, 5) is 4.11. The molecule has 1 heterocycles. The number of anilines is 1. The Balaban J connectivity index is 2.08. The fraction of sp³-hybridized carbons (Fsp3) is 0.100. The predicted octanol–water partition coefficient (Wildman–Crippen LogP) is 4.06. The second-order valence-electron chi connectivity index (χ2n) is 2.90. The topological polar surface area (TPSA) is 24.9 Å². The SMILES string of the molecule is Clc1cccc(CNc2nccs2)c1Cl. The minimum atomic E-state index is 0.579. The molecule has 0 aliphatic rings. The van der Waals surface area contributed by atoms with E-state index < -0.39 is 0 Å². The quantitative estimate of drug-likeness (QED) is 0.898. The Morgan fingerprint density at radius 3 is 2.93 bits per heavy atom. The molecule has 5 heteroatoms. The molecule has 78 valence electrons. The number of aromatic nitrogens is 1. The molecule has 2 rings (SSSR count). The number of nitrogens with one attached hydrogen (secondary N) is 1. The van der Waals surface area contributed by atoms with Gasteiger partial charge >= 0.3 is 0 Å². The van der Waals surface area contributed by atoms with Crippen molar-refractivity contribution in [3.05, 3.63) is 45.4 Å². The minimum absolute atomic E-state index is 0.579. The molecule has 2 aromatic rings. The van der Waals surface area contributed by atoms with E-state index in [9.17, 15) is 0 Å². The van der Waals surface area contributed by atoms with Crippen molar-refractivity contribution in [2.24, 2.45) is 0 Å². The summed E-state index contributed by atoms with van der Waals surface area (Å²) < 4.78 is 0. The normalized spacial score (nSPS) is 10.3. The Kier molecular flexibility index (Phi) is 3.46. The van der Waals surface area contributed by atoms with Gasteiger partial charge in [0.25, 0.3) is 0 Å². The molecule has 0 unspecified atom stereocenters. The van der Waals surface area contributed by atoms with Crippen molar-refractivity contribution in [3.63, 3.8) is 0 Å². The summed E-state index contributed by atoms with van der Waals surface area (Å²) >= 11 is 13.5. The van der Waals surface area contributed by atoms with Crippen LogP contribution in [0.3, 0.4) is 0 Å². The molecule has 1 aromatic carbocycles. The van der Waals surface area contributed by atoms with Crippen molar-refractivity contribution < 1.29 is 0 Å². The lowest BCUT2D eigenvalue weighted by molar-refractivity contribution is 1.13. The Morgan fingerprint density at radius 1 is 1.33 bits per heavy atom. The molecular weight excluding hydrogens is 251 g/mol. The smallest absolute Gasteiger partial charge is 0.182 e. The van der Waals surface area contributed by atoms with Crippen LogP contribution >= 0.6 is 34.5 Å². The third-order valence-electron chi connectivity index (χ3n) is 1.89. The fourth-order valence-corrected chi connectivity index (χ4v) is 2.08. The first-order chi connectivity index (χ1) is 7.27. The van der Waals surface area contributed by atoms with E-state index in [4.69, 9.17) is 23.2 Å². The van der Waals surface area contributed by atoms with Gasteiger partial charge in [0.2, 0.25) is 0 Å². The zero-order valence-electron chi connectivity index (χ0n) is 7.71. The van der Waals surface area contributed by atoms with Crippen LogP contribution < -0.4 is 5.32 Å². The highest BCUT2D eigenvalue weighted by Crippen LogP contribution is 2.26. The summed E-state index contributed by atoms with van der Waals surface area (Å²) in [6, 6.07) is 5.60. The summed E-state index contributed by atoms with van der Waals surface area (Å²) in [6.07, 6.45) is 1.76. The molecule has 0 amide bonds. The number of rotatable bonds is 3. The second kappa shape index (κ2) is 4.84. The van der Waals surface area contributed by atoms with Gasteiger partial charge in [0.05, 0.1) is 10.0 Å². The zero-order valence-corrected chi connectivity index (χ0v) is 10.0. The molecule has 0 fully saturated rings. The van der Waals surface area contributed by atoms with Gasteiger partial charge in [-0.3, -0.25) is 0 Å². The highest BCUT2D eigenvalue weighted by molar-refractivity contribution is 7.13. The molecule has 0 atom stereocenters. The number of halogens is 2. The fourth-order valence-electron chi connectivity index (χ4n) is 1.17.